The number of anilines is 2. The van der Waals surface area contributed by atoms with Crippen LogP contribution < -0.4 is 35.5 Å². The van der Waals surface area contributed by atoms with Crippen molar-refractivity contribution in [1.82, 2.24) is 10.6 Å². The summed E-state index contributed by atoms with van der Waals surface area (Å²) in [5, 5.41) is 29.3. The van der Waals surface area contributed by atoms with E-state index < -0.39 is 23.8 Å². The van der Waals surface area contributed by atoms with Crippen LogP contribution in [0.3, 0.4) is 0 Å². The van der Waals surface area contributed by atoms with E-state index >= 15 is 0 Å². The second-order valence-electron chi connectivity index (χ2n) is 19.2. The Morgan fingerprint density at radius 2 is 0.655 bits per heavy atom. The van der Waals surface area contributed by atoms with Crippen molar-refractivity contribution in [2.24, 2.45) is 0 Å². The van der Waals surface area contributed by atoms with Crippen LogP contribution in [0.2, 0.25) is 0 Å². The summed E-state index contributed by atoms with van der Waals surface area (Å²) in [6, 6.07) is 57.4. The van der Waals surface area contributed by atoms with Gasteiger partial charge in [0.2, 0.25) is 0 Å². The molecular weight excluding hydrogens is 1100 g/mol. The SMILES string of the molecule is CNC(=O)c1cc(-c2ccc(C=O)c(C(C)=O)c2)ccc1C(=O)O.CNC(=O)c1cc(-c2ccc(C=O)c(C(C)=O)c2)ccc1C(=O)O.CNc1ccc(Oc2ccc(C)cc2)cc1.CNc1ccc(Oc2cccc(Oc3ccc(C)cc3)c2)cc1. The highest BCUT2D eigenvalue weighted by atomic mass is 16.5. The number of Topliss-reactive ketones (excluding diaryl/α,β-unsaturated/α-hetero) is 2. The van der Waals surface area contributed by atoms with Crippen LogP contribution in [-0.2, 0) is 0 Å². The van der Waals surface area contributed by atoms with Crippen molar-refractivity contribution in [2.75, 3.05) is 38.8 Å². The van der Waals surface area contributed by atoms with Crippen molar-refractivity contribution < 1.29 is 62.8 Å². The zero-order valence-corrected chi connectivity index (χ0v) is 49.0. The van der Waals surface area contributed by atoms with E-state index in [4.69, 9.17) is 14.2 Å². The highest BCUT2D eigenvalue weighted by molar-refractivity contribution is 6.08. The number of carboxylic acids is 2. The van der Waals surface area contributed by atoms with Gasteiger partial charge in [-0.15, -0.1) is 0 Å². The van der Waals surface area contributed by atoms with Crippen molar-refractivity contribution in [3.8, 4) is 56.8 Å². The third-order valence-corrected chi connectivity index (χ3v) is 13.1. The molecule has 0 saturated carbocycles. The number of carbonyl (C=O) groups excluding carboxylic acids is 6. The van der Waals surface area contributed by atoms with Crippen LogP contribution in [0.4, 0.5) is 11.4 Å². The molecule has 0 radical (unpaired) electrons. The lowest BCUT2D eigenvalue weighted by atomic mass is 9.95. The van der Waals surface area contributed by atoms with E-state index in [0.29, 0.717) is 34.8 Å². The first kappa shape index (κ1) is 64.7. The van der Waals surface area contributed by atoms with Crippen molar-refractivity contribution in [3.63, 3.8) is 0 Å². The molecule has 9 aromatic rings. The molecule has 6 N–H and O–H groups in total. The van der Waals surface area contributed by atoms with Crippen molar-refractivity contribution in [2.45, 2.75) is 27.7 Å². The monoisotopic (exact) mass is 1170 g/mol. The van der Waals surface area contributed by atoms with Crippen LogP contribution in [0.15, 0.2) is 194 Å². The third-order valence-electron chi connectivity index (χ3n) is 13.1. The smallest absolute Gasteiger partial charge is 0.336 e. The molecule has 0 spiro atoms. The predicted molar refractivity (Wildman–Crippen MR) is 336 cm³/mol. The Bertz CT molecular complexity index is 3790. The molecule has 0 atom stereocenters. The average Bonchev–Trinajstić information content (AvgIpc) is 3.47. The van der Waals surface area contributed by atoms with E-state index in [1.54, 1.807) is 36.4 Å². The number of nitrogens with one attached hydrogen (secondary N) is 4. The first-order chi connectivity index (χ1) is 41.8. The van der Waals surface area contributed by atoms with Gasteiger partial charge in [-0.25, -0.2) is 9.59 Å². The second kappa shape index (κ2) is 31.3. The fourth-order valence-electron chi connectivity index (χ4n) is 8.35. The van der Waals surface area contributed by atoms with Gasteiger partial charge in [-0.2, -0.15) is 0 Å². The largest absolute Gasteiger partial charge is 0.478 e. The van der Waals surface area contributed by atoms with Gasteiger partial charge in [-0.05, 0) is 171 Å². The Hall–Kier alpha value is -11.5. The number of aryl methyl sites for hydroxylation is 2. The molecule has 0 heterocycles. The highest BCUT2D eigenvalue weighted by Gasteiger charge is 2.20. The number of hydrogen-bond donors (Lipinski definition) is 6. The molecule has 0 aliphatic heterocycles. The fraction of sp³-hybridized carbons (Fsp3) is 0.114. The molecule has 9 aromatic carbocycles. The van der Waals surface area contributed by atoms with Gasteiger partial charge in [0.15, 0.2) is 24.1 Å². The number of hydrogen-bond acceptors (Lipinski definition) is 13. The molecule has 0 aliphatic rings. The average molecular weight is 1170 g/mol. The molecule has 442 valence electrons. The maximum atomic E-state index is 11.9. The minimum absolute atomic E-state index is 0.0198. The summed E-state index contributed by atoms with van der Waals surface area (Å²) in [6.07, 6.45) is 1.20. The molecular formula is C70H64N4O13. The zero-order chi connectivity index (χ0) is 63.2. The standard InChI is InChI=1S/C20H19NO2.2C18H15NO5.C14H15NO/c1-15-6-10-17(11-7-15)22-19-4-3-5-20(14-19)23-18-12-8-16(21-2)9-13-18;2*1-10(21)15-7-11(3-4-13(15)9-20)12-5-6-14(18(23)24)16(8-12)17(22)19-2;1-11-3-7-13(8-4-11)16-14-9-5-12(15-2)6-10-14/h3-14,21H,1-2H3;2*3-9H,1-2H3,(H,19,22)(H,23,24);3-10,15H,1-2H3. The van der Waals surface area contributed by atoms with Gasteiger partial charge in [0.1, 0.15) is 34.5 Å². The van der Waals surface area contributed by atoms with Crippen molar-refractivity contribution >= 4 is 59.3 Å². The first-order valence-electron chi connectivity index (χ1n) is 27.0. The van der Waals surface area contributed by atoms with Crippen LogP contribution in [0.5, 0.6) is 34.5 Å². The van der Waals surface area contributed by atoms with E-state index in [0.717, 1.165) is 45.9 Å². The molecule has 2 amide bonds. The van der Waals surface area contributed by atoms with Gasteiger partial charge in [0.25, 0.3) is 11.8 Å². The molecule has 9 rings (SSSR count). The molecule has 0 bridgehead atoms. The molecule has 17 nitrogen and oxygen atoms in total. The number of rotatable bonds is 18. The number of carboxylic acid groups (broad SMARTS) is 2. The molecule has 17 heteroatoms. The minimum atomic E-state index is -1.21. The van der Waals surface area contributed by atoms with Gasteiger partial charge in [-0.1, -0.05) is 77.9 Å². The highest BCUT2D eigenvalue weighted by Crippen LogP contribution is 2.31. The van der Waals surface area contributed by atoms with Gasteiger partial charge >= 0.3 is 11.9 Å². The third kappa shape index (κ3) is 18.3. The van der Waals surface area contributed by atoms with E-state index in [1.165, 1.54) is 75.5 Å². The second-order valence-corrected chi connectivity index (χ2v) is 19.2. The summed E-state index contributed by atoms with van der Waals surface area (Å²) in [7, 11) is 6.61. The lowest BCUT2D eigenvalue weighted by molar-refractivity contribution is 0.0682. The lowest BCUT2D eigenvalue weighted by Crippen LogP contribution is -2.21. The molecule has 0 aromatic heterocycles. The summed E-state index contributed by atoms with van der Waals surface area (Å²) in [6.45, 7) is 6.83. The fourth-order valence-corrected chi connectivity index (χ4v) is 8.35. The molecule has 0 saturated heterocycles. The Morgan fingerprint density at radius 3 is 0.943 bits per heavy atom. The molecule has 0 unspecified atom stereocenters. The Morgan fingerprint density at radius 1 is 0.356 bits per heavy atom. The number of ketones is 2. The van der Waals surface area contributed by atoms with Crippen molar-refractivity contribution in [3.05, 3.63) is 250 Å². The summed E-state index contributed by atoms with van der Waals surface area (Å²) < 4.78 is 17.4. The predicted octanol–water partition coefficient (Wildman–Crippen LogP) is 14.3. The molecule has 0 fully saturated rings. The number of amides is 2. The van der Waals surface area contributed by atoms with Gasteiger partial charge in [0, 0.05) is 67.9 Å². The van der Waals surface area contributed by atoms with Crippen LogP contribution in [0.1, 0.15) is 108 Å². The Kier molecular flexibility index (Phi) is 23.3. The zero-order valence-electron chi connectivity index (χ0n) is 49.0. The molecule has 0 aliphatic carbocycles. The summed E-state index contributed by atoms with van der Waals surface area (Å²) in [4.78, 5) is 91.7. The number of benzene rings is 9. The summed E-state index contributed by atoms with van der Waals surface area (Å²) >= 11 is 0. The topological polar surface area (TPSA) is 253 Å². The summed E-state index contributed by atoms with van der Waals surface area (Å²) in [5.74, 6) is 0.830. The van der Waals surface area contributed by atoms with Gasteiger partial charge in [-0.3, -0.25) is 28.8 Å². The number of aromatic carboxylic acids is 2. The quantitative estimate of drug-likeness (QED) is 0.0345. The first-order valence-corrected chi connectivity index (χ1v) is 27.0. The van der Waals surface area contributed by atoms with E-state index in [-0.39, 0.29) is 56.1 Å². The minimum Gasteiger partial charge on any atom is -0.478 e. The van der Waals surface area contributed by atoms with E-state index in [2.05, 4.69) is 35.1 Å². The van der Waals surface area contributed by atoms with Gasteiger partial charge in [0.05, 0.1) is 22.3 Å². The van der Waals surface area contributed by atoms with Crippen LogP contribution in [-0.4, -0.2) is 86.3 Å². The van der Waals surface area contributed by atoms with Crippen LogP contribution in [0, 0.1) is 13.8 Å². The van der Waals surface area contributed by atoms with Crippen LogP contribution in [0.25, 0.3) is 22.3 Å². The summed E-state index contributed by atoms with van der Waals surface area (Å²) in [5.41, 5.74) is 7.82. The maximum Gasteiger partial charge on any atom is 0.336 e. The number of aldehydes is 2. The van der Waals surface area contributed by atoms with Crippen LogP contribution >= 0.6 is 0 Å². The van der Waals surface area contributed by atoms with E-state index in [1.807, 2.05) is 135 Å². The Labute approximate surface area is 503 Å². The Balaban J connectivity index is 0.000000187. The van der Waals surface area contributed by atoms with E-state index in [9.17, 15) is 48.6 Å². The molecule has 87 heavy (non-hydrogen) atoms. The lowest BCUT2D eigenvalue weighted by Gasteiger charge is -2.10. The van der Waals surface area contributed by atoms with Crippen molar-refractivity contribution in [1.29, 1.82) is 0 Å². The number of carbonyl (C=O) groups is 8. The normalized spacial score (nSPS) is 10.1. The number of ether oxygens (including phenoxy) is 3. The maximum absolute atomic E-state index is 11.9. The van der Waals surface area contributed by atoms with Gasteiger partial charge < -0.3 is 45.7 Å².